The summed E-state index contributed by atoms with van der Waals surface area (Å²) in [6.07, 6.45) is 2.88. The Balaban J connectivity index is 2.12. The van der Waals surface area contributed by atoms with Crippen molar-refractivity contribution in [2.45, 2.75) is 40.0 Å². The SMILES string of the molecule is CCCC1(CO)CCN(C(=O)c2n[nH]c(C)c2C)C1. The first-order valence-electron chi connectivity index (χ1n) is 6.94. The zero-order chi connectivity index (χ0) is 14.0. The van der Waals surface area contributed by atoms with Crippen LogP contribution in [0.3, 0.4) is 0 Å². The Bertz CT molecular complexity index is 469. The van der Waals surface area contributed by atoms with Crippen molar-refractivity contribution in [3.05, 3.63) is 17.0 Å². The molecule has 1 unspecified atom stereocenters. The fourth-order valence-electron chi connectivity index (χ4n) is 2.89. The van der Waals surface area contributed by atoms with Crippen LogP contribution in [0.4, 0.5) is 0 Å². The first kappa shape index (κ1) is 14.1. The molecule has 0 spiro atoms. The summed E-state index contributed by atoms with van der Waals surface area (Å²) >= 11 is 0. The van der Waals surface area contributed by atoms with E-state index in [2.05, 4.69) is 17.1 Å². The molecule has 0 aliphatic carbocycles. The number of hydrogen-bond acceptors (Lipinski definition) is 3. The van der Waals surface area contributed by atoms with Crippen LogP contribution < -0.4 is 0 Å². The van der Waals surface area contributed by atoms with Crippen LogP contribution in [0.25, 0.3) is 0 Å². The normalized spacial score (nSPS) is 23.1. The molecule has 1 atom stereocenters. The number of aromatic nitrogens is 2. The summed E-state index contributed by atoms with van der Waals surface area (Å²) in [5.74, 6) is -0.0201. The lowest BCUT2D eigenvalue weighted by Crippen LogP contribution is -2.34. The van der Waals surface area contributed by atoms with Crippen LogP contribution in [-0.2, 0) is 0 Å². The lowest BCUT2D eigenvalue weighted by molar-refractivity contribution is 0.0723. The maximum absolute atomic E-state index is 12.5. The molecule has 0 aromatic carbocycles. The molecule has 5 heteroatoms. The van der Waals surface area contributed by atoms with Crippen LogP contribution in [0.1, 0.15) is 47.9 Å². The smallest absolute Gasteiger partial charge is 0.274 e. The number of rotatable bonds is 4. The monoisotopic (exact) mass is 265 g/mol. The molecule has 19 heavy (non-hydrogen) atoms. The number of hydrogen-bond donors (Lipinski definition) is 2. The van der Waals surface area contributed by atoms with E-state index >= 15 is 0 Å². The van der Waals surface area contributed by atoms with E-state index in [0.717, 1.165) is 30.5 Å². The molecule has 2 rings (SSSR count). The second-order valence-corrected chi connectivity index (χ2v) is 5.71. The van der Waals surface area contributed by atoms with Crippen LogP contribution in [0.15, 0.2) is 0 Å². The predicted octanol–water partition coefficient (Wildman–Crippen LogP) is 1.65. The number of amides is 1. The minimum Gasteiger partial charge on any atom is -0.396 e. The highest BCUT2D eigenvalue weighted by atomic mass is 16.3. The van der Waals surface area contributed by atoms with Crippen molar-refractivity contribution in [1.82, 2.24) is 15.1 Å². The molecule has 1 aromatic heterocycles. The van der Waals surface area contributed by atoms with Crippen LogP contribution >= 0.6 is 0 Å². The molecule has 0 radical (unpaired) electrons. The van der Waals surface area contributed by atoms with Gasteiger partial charge in [0, 0.05) is 29.8 Å². The van der Waals surface area contributed by atoms with E-state index in [1.165, 1.54) is 0 Å². The second-order valence-electron chi connectivity index (χ2n) is 5.71. The maximum Gasteiger partial charge on any atom is 0.274 e. The van der Waals surface area contributed by atoms with Crippen molar-refractivity contribution >= 4 is 5.91 Å². The molecule has 1 aliphatic rings. The first-order chi connectivity index (χ1) is 9.03. The molecule has 106 valence electrons. The summed E-state index contributed by atoms with van der Waals surface area (Å²) in [5.41, 5.74) is 2.26. The van der Waals surface area contributed by atoms with Crippen LogP contribution in [0, 0.1) is 19.3 Å². The predicted molar refractivity (Wildman–Crippen MR) is 73.0 cm³/mol. The molecule has 1 saturated heterocycles. The lowest BCUT2D eigenvalue weighted by Gasteiger charge is -2.26. The number of aliphatic hydroxyl groups excluding tert-OH is 1. The molecule has 1 amide bonds. The molecular formula is C14H23N3O2. The second kappa shape index (κ2) is 5.33. The third-order valence-electron chi connectivity index (χ3n) is 4.30. The fourth-order valence-corrected chi connectivity index (χ4v) is 2.89. The Morgan fingerprint density at radius 3 is 2.79 bits per heavy atom. The number of H-pyrrole nitrogens is 1. The fraction of sp³-hybridized carbons (Fsp3) is 0.714. The Hall–Kier alpha value is -1.36. The quantitative estimate of drug-likeness (QED) is 0.869. The van der Waals surface area contributed by atoms with E-state index in [-0.39, 0.29) is 17.9 Å². The van der Waals surface area contributed by atoms with E-state index in [9.17, 15) is 9.90 Å². The highest BCUT2D eigenvalue weighted by Crippen LogP contribution is 2.35. The number of nitrogens with zero attached hydrogens (tertiary/aromatic N) is 2. The topological polar surface area (TPSA) is 69.2 Å². The van der Waals surface area contributed by atoms with Crippen molar-refractivity contribution in [2.75, 3.05) is 19.7 Å². The largest absolute Gasteiger partial charge is 0.396 e. The van der Waals surface area contributed by atoms with E-state index in [0.29, 0.717) is 18.8 Å². The molecule has 5 nitrogen and oxygen atoms in total. The number of aromatic amines is 1. The minimum absolute atomic E-state index is 0.0201. The van der Waals surface area contributed by atoms with Crippen molar-refractivity contribution in [1.29, 1.82) is 0 Å². The van der Waals surface area contributed by atoms with Gasteiger partial charge in [0.05, 0.1) is 6.61 Å². The molecule has 2 N–H and O–H groups in total. The van der Waals surface area contributed by atoms with Gasteiger partial charge in [-0.2, -0.15) is 5.10 Å². The summed E-state index contributed by atoms with van der Waals surface area (Å²) in [7, 11) is 0. The highest BCUT2D eigenvalue weighted by molar-refractivity contribution is 5.94. The molecule has 1 aliphatic heterocycles. The zero-order valence-electron chi connectivity index (χ0n) is 12.0. The van der Waals surface area contributed by atoms with Gasteiger partial charge in [0.15, 0.2) is 5.69 Å². The van der Waals surface area contributed by atoms with Gasteiger partial charge in [0.25, 0.3) is 5.91 Å². The first-order valence-corrected chi connectivity index (χ1v) is 6.94. The third kappa shape index (κ3) is 2.52. The van der Waals surface area contributed by atoms with Crippen LogP contribution in [0.2, 0.25) is 0 Å². The van der Waals surface area contributed by atoms with Crippen molar-refractivity contribution < 1.29 is 9.90 Å². The highest BCUT2D eigenvalue weighted by Gasteiger charge is 2.39. The van der Waals surface area contributed by atoms with Crippen LogP contribution in [0.5, 0.6) is 0 Å². The molecule has 1 fully saturated rings. The number of nitrogens with one attached hydrogen (secondary N) is 1. The van der Waals surface area contributed by atoms with Gasteiger partial charge in [-0.1, -0.05) is 13.3 Å². The Morgan fingerprint density at radius 1 is 1.53 bits per heavy atom. The number of likely N-dealkylation sites (tertiary alicyclic amines) is 1. The maximum atomic E-state index is 12.5. The van der Waals surface area contributed by atoms with E-state index in [1.54, 1.807) is 0 Å². The molecule has 2 heterocycles. The van der Waals surface area contributed by atoms with Gasteiger partial charge >= 0.3 is 0 Å². The van der Waals surface area contributed by atoms with E-state index in [4.69, 9.17) is 0 Å². The van der Waals surface area contributed by atoms with Gasteiger partial charge < -0.3 is 10.0 Å². The van der Waals surface area contributed by atoms with Gasteiger partial charge in [-0.25, -0.2) is 0 Å². The standard InChI is InChI=1S/C14H23N3O2/c1-4-5-14(9-18)6-7-17(8-14)13(19)12-10(2)11(3)15-16-12/h18H,4-9H2,1-3H3,(H,15,16). The average Bonchev–Trinajstić information content (AvgIpc) is 2.96. The van der Waals surface area contributed by atoms with E-state index < -0.39 is 0 Å². The van der Waals surface area contributed by atoms with Gasteiger partial charge in [0.1, 0.15) is 0 Å². The Labute approximate surface area is 114 Å². The summed E-state index contributed by atoms with van der Waals surface area (Å²) in [4.78, 5) is 14.3. The lowest BCUT2D eigenvalue weighted by atomic mass is 9.83. The number of carbonyl (C=O) groups excluding carboxylic acids is 1. The number of aryl methyl sites for hydroxylation is 1. The summed E-state index contributed by atoms with van der Waals surface area (Å²) in [6, 6.07) is 0. The summed E-state index contributed by atoms with van der Waals surface area (Å²) in [6.45, 7) is 7.45. The average molecular weight is 265 g/mol. The van der Waals surface area contributed by atoms with Crippen molar-refractivity contribution in [2.24, 2.45) is 5.41 Å². The molecule has 0 bridgehead atoms. The zero-order valence-corrected chi connectivity index (χ0v) is 12.0. The molecular weight excluding hydrogens is 242 g/mol. The van der Waals surface area contributed by atoms with Gasteiger partial charge in [-0.15, -0.1) is 0 Å². The minimum atomic E-state index is -0.107. The third-order valence-corrected chi connectivity index (χ3v) is 4.30. The summed E-state index contributed by atoms with van der Waals surface area (Å²) in [5, 5.41) is 16.6. The van der Waals surface area contributed by atoms with Crippen LogP contribution in [-0.4, -0.2) is 45.8 Å². The number of carbonyl (C=O) groups is 1. The van der Waals surface area contributed by atoms with Gasteiger partial charge in [-0.05, 0) is 26.7 Å². The molecule has 0 saturated carbocycles. The molecule has 1 aromatic rings. The van der Waals surface area contributed by atoms with Crippen molar-refractivity contribution in [3.8, 4) is 0 Å². The Morgan fingerprint density at radius 2 is 2.26 bits per heavy atom. The van der Waals surface area contributed by atoms with E-state index in [1.807, 2.05) is 18.7 Å². The number of aliphatic hydroxyl groups is 1. The van der Waals surface area contributed by atoms with Gasteiger partial charge in [0.2, 0.25) is 0 Å². The van der Waals surface area contributed by atoms with Gasteiger partial charge in [-0.3, -0.25) is 9.89 Å². The summed E-state index contributed by atoms with van der Waals surface area (Å²) < 4.78 is 0. The van der Waals surface area contributed by atoms with Crippen molar-refractivity contribution in [3.63, 3.8) is 0 Å². The Kier molecular flexibility index (Phi) is 3.94.